The fourth-order valence-corrected chi connectivity index (χ4v) is 5.89. The minimum atomic E-state index is -1.27. The van der Waals surface area contributed by atoms with Gasteiger partial charge in [0, 0.05) is 11.5 Å². The Labute approximate surface area is 200 Å². The van der Waals surface area contributed by atoms with E-state index < -0.39 is 47.8 Å². The fourth-order valence-electron chi connectivity index (χ4n) is 3.53. The molecule has 5 N–H and O–H groups in total. The summed E-state index contributed by atoms with van der Waals surface area (Å²) in [4.78, 5) is 49.5. The number of aliphatic carboxylic acids is 2. The number of carboxylic acid groups (broad SMARTS) is 2. The molecule has 2 amide bonds. The summed E-state index contributed by atoms with van der Waals surface area (Å²) in [5, 5.41) is 31.8. The van der Waals surface area contributed by atoms with Crippen molar-refractivity contribution in [2.24, 2.45) is 5.73 Å². The molecule has 3 atom stereocenters. The average Bonchev–Trinajstić information content (AvgIpc) is 3.26. The number of β-lactam (4-membered cyclic amide) rings is 1. The second-order valence-corrected chi connectivity index (χ2v) is 9.39. The van der Waals surface area contributed by atoms with Gasteiger partial charge in [0.2, 0.25) is 11.1 Å². The molecule has 0 aliphatic carbocycles. The summed E-state index contributed by atoms with van der Waals surface area (Å²) in [6.45, 7) is -0.436. The van der Waals surface area contributed by atoms with Crippen LogP contribution in [0.3, 0.4) is 0 Å². The molecule has 0 spiro atoms. The van der Waals surface area contributed by atoms with Crippen LogP contribution in [0.2, 0.25) is 0 Å². The highest BCUT2D eigenvalue weighted by atomic mass is 32.2. The van der Waals surface area contributed by atoms with Gasteiger partial charge in [-0.3, -0.25) is 19.3 Å². The number of hydrogen-bond donors (Lipinski definition) is 4. The van der Waals surface area contributed by atoms with Crippen molar-refractivity contribution in [1.82, 2.24) is 30.4 Å². The Morgan fingerprint density at radius 3 is 2.68 bits per heavy atom. The molecular formula is C19H19N7O6S2. The molecule has 34 heavy (non-hydrogen) atoms. The van der Waals surface area contributed by atoms with Crippen molar-refractivity contribution in [3.05, 3.63) is 47.2 Å². The maximum Gasteiger partial charge on any atom is 0.352 e. The molecule has 3 heterocycles. The first-order chi connectivity index (χ1) is 16.3. The summed E-state index contributed by atoms with van der Waals surface area (Å²) in [6.07, 6.45) is 0. The second-order valence-electron chi connectivity index (χ2n) is 7.34. The highest BCUT2D eigenvalue weighted by Gasteiger charge is 2.54. The van der Waals surface area contributed by atoms with Gasteiger partial charge >= 0.3 is 11.9 Å². The molecule has 0 bridgehead atoms. The molecular weight excluding hydrogens is 486 g/mol. The monoisotopic (exact) mass is 505 g/mol. The van der Waals surface area contributed by atoms with Gasteiger partial charge in [-0.2, -0.15) is 0 Å². The van der Waals surface area contributed by atoms with Crippen LogP contribution in [0.4, 0.5) is 0 Å². The topological polar surface area (TPSA) is 194 Å². The quantitative estimate of drug-likeness (QED) is 0.247. The van der Waals surface area contributed by atoms with Crippen LogP contribution in [-0.4, -0.2) is 82.0 Å². The number of tetrazole rings is 1. The number of amides is 2. The molecule has 178 valence electrons. The molecule has 13 nitrogen and oxygen atoms in total. The van der Waals surface area contributed by atoms with Gasteiger partial charge in [-0.25, -0.2) is 9.48 Å². The standard InChI is InChI=1S/C19H19N7O6S2/c20-12(9-4-2-1-3-5-9)15(29)21-13-16(30)26-14(18(31)32)10(7-33-17(13)26)8-34-19-22-23-24-25(19)6-11(27)28/h1-5,12-13,17H,6-8,20H2,(H,21,29)(H,27,28)(H,31,32)/t12-,13?,17-/m1/s1. The maximum atomic E-state index is 12.8. The van der Waals surface area contributed by atoms with Gasteiger partial charge in [0.05, 0.1) is 0 Å². The van der Waals surface area contributed by atoms with Crippen LogP contribution in [0, 0.1) is 0 Å². The number of carbonyl (C=O) groups is 4. The molecule has 2 aliphatic rings. The van der Waals surface area contributed by atoms with Crippen LogP contribution < -0.4 is 11.1 Å². The van der Waals surface area contributed by atoms with Crippen molar-refractivity contribution in [1.29, 1.82) is 0 Å². The van der Waals surface area contributed by atoms with Gasteiger partial charge in [-0.15, -0.1) is 16.9 Å². The minimum Gasteiger partial charge on any atom is -0.480 e. The number of nitrogens with one attached hydrogen (secondary N) is 1. The van der Waals surface area contributed by atoms with E-state index in [1.165, 1.54) is 11.8 Å². The molecule has 0 radical (unpaired) electrons. The Kier molecular flexibility index (Phi) is 6.85. The molecule has 1 saturated heterocycles. The number of rotatable bonds is 9. The molecule has 15 heteroatoms. The smallest absolute Gasteiger partial charge is 0.352 e. The lowest BCUT2D eigenvalue weighted by molar-refractivity contribution is -0.150. The Bertz CT molecular complexity index is 1170. The zero-order valence-electron chi connectivity index (χ0n) is 17.4. The number of thioether (sulfide) groups is 2. The Morgan fingerprint density at radius 2 is 2.00 bits per heavy atom. The minimum absolute atomic E-state index is 0.140. The number of carbonyl (C=O) groups excluding carboxylic acids is 2. The number of fused-ring (bicyclic) bond motifs is 1. The molecule has 1 fully saturated rings. The molecule has 1 unspecified atom stereocenters. The lowest BCUT2D eigenvalue weighted by Gasteiger charge is -2.49. The first-order valence-electron chi connectivity index (χ1n) is 9.89. The van der Waals surface area contributed by atoms with Gasteiger partial charge in [-0.1, -0.05) is 42.1 Å². The normalized spacial score (nSPS) is 20.4. The summed E-state index contributed by atoms with van der Waals surface area (Å²) >= 11 is 2.39. The second kappa shape index (κ2) is 9.82. The number of hydrogen-bond acceptors (Lipinski definition) is 10. The number of nitrogens with zero attached hydrogens (tertiary/aromatic N) is 5. The van der Waals surface area contributed by atoms with E-state index in [1.807, 2.05) is 0 Å². The largest absolute Gasteiger partial charge is 0.480 e. The summed E-state index contributed by atoms with van der Waals surface area (Å²) < 4.78 is 1.09. The predicted molar refractivity (Wildman–Crippen MR) is 119 cm³/mol. The van der Waals surface area contributed by atoms with E-state index in [2.05, 4.69) is 20.8 Å². The van der Waals surface area contributed by atoms with Gasteiger partial charge in [0.15, 0.2) is 0 Å². The summed E-state index contributed by atoms with van der Waals surface area (Å²) in [5.41, 5.74) is 6.90. The zero-order chi connectivity index (χ0) is 24.4. The maximum absolute atomic E-state index is 12.8. The molecule has 4 rings (SSSR count). The van der Waals surface area contributed by atoms with Crippen molar-refractivity contribution in [2.45, 2.75) is 29.2 Å². The molecule has 2 aliphatic heterocycles. The van der Waals surface area contributed by atoms with E-state index in [0.29, 0.717) is 16.9 Å². The van der Waals surface area contributed by atoms with Crippen molar-refractivity contribution < 1.29 is 29.4 Å². The molecule has 0 saturated carbocycles. The van der Waals surface area contributed by atoms with E-state index in [9.17, 15) is 24.3 Å². The number of aromatic nitrogens is 4. The highest BCUT2D eigenvalue weighted by molar-refractivity contribution is 8.01. The van der Waals surface area contributed by atoms with Crippen LogP contribution in [0.5, 0.6) is 0 Å². The number of carboxylic acids is 2. The van der Waals surface area contributed by atoms with Crippen LogP contribution >= 0.6 is 23.5 Å². The van der Waals surface area contributed by atoms with E-state index in [-0.39, 0.29) is 16.6 Å². The Morgan fingerprint density at radius 1 is 1.26 bits per heavy atom. The number of nitrogens with two attached hydrogens (primary N) is 1. The third-order valence-electron chi connectivity index (χ3n) is 5.15. The van der Waals surface area contributed by atoms with Crippen LogP contribution in [0.15, 0.2) is 46.8 Å². The van der Waals surface area contributed by atoms with Crippen molar-refractivity contribution in [3.63, 3.8) is 0 Å². The number of benzene rings is 1. The van der Waals surface area contributed by atoms with E-state index in [4.69, 9.17) is 10.8 Å². The first-order valence-corrected chi connectivity index (χ1v) is 11.9. The molecule has 1 aromatic heterocycles. The van der Waals surface area contributed by atoms with E-state index >= 15 is 0 Å². The Balaban J connectivity index is 1.45. The van der Waals surface area contributed by atoms with Gasteiger partial charge < -0.3 is 21.3 Å². The highest BCUT2D eigenvalue weighted by Crippen LogP contribution is 2.41. The SMILES string of the molecule is N[C@@H](C(=O)NC1C(=O)N2C(C(=O)O)=C(CSc3nnnn3CC(=O)O)CS[C@H]12)c1ccccc1. The van der Waals surface area contributed by atoms with Gasteiger partial charge in [-0.05, 0) is 21.6 Å². The summed E-state index contributed by atoms with van der Waals surface area (Å²) in [7, 11) is 0. The van der Waals surface area contributed by atoms with Gasteiger partial charge in [0.1, 0.15) is 29.7 Å². The van der Waals surface area contributed by atoms with Crippen molar-refractivity contribution >= 4 is 47.3 Å². The third-order valence-corrected chi connectivity index (χ3v) is 7.53. The van der Waals surface area contributed by atoms with Crippen LogP contribution in [0.1, 0.15) is 11.6 Å². The summed E-state index contributed by atoms with van der Waals surface area (Å²) in [6, 6.07) is 6.85. The van der Waals surface area contributed by atoms with Crippen LogP contribution in [-0.2, 0) is 25.7 Å². The van der Waals surface area contributed by atoms with Crippen molar-refractivity contribution in [2.75, 3.05) is 11.5 Å². The van der Waals surface area contributed by atoms with Crippen LogP contribution in [0.25, 0.3) is 0 Å². The Hall–Kier alpha value is -3.43. The molecule has 2 aromatic rings. The van der Waals surface area contributed by atoms with Crippen molar-refractivity contribution in [3.8, 4) is 0 Å². The van der Waals surface area contributed by atoms with E-state index in [1.54, 1.807) is 30.3 Å². The zero-order valence-corrected chi connectivity index (χ0v) is 19.0. The predicted octanol–water partition coefficient (Wildman–Crippen LogP) is -0.712. The van der Waals surface area contributed by atoms with Gasteiger partial charge in [0.25, 0.3) is 5.91 Å². The third kappa shape index (κ3) is 4.62. The first kappa shape index (κ1) is 23.7. The average molecular weight is 506 g/mol. The summed E-state index contributed by atoms with van der Waals surface area (Å²) in [5.74, 6) is -3.03. The lowest BCUT2D eigenvalue weighted by atomic mass is 10.0. The van der Waals surface area contributed by atoms with E-state index in [0.717, 1.165) is 21.3 Å². The molecule has 1 aromatic carbocycles. The fraction of sp³-hybridized carbons (Fsp3) is 0.316. The lowest BCUT2D eigenvalue weighted by Crippen LogP contribution is -2.71.